The molecule has 0 saturated carbocycles. The van der Waals surface area contributed by atoms with Crippen LogP contribution < -0.4 is 9.33 Å². The number of halogens is 1. The summed E-state index contributed by atoms with van der Waals surface area (Å²) in [7, 11) is -2.03. The number of hydrogen-bond acceptors (Lipinski definition) is 4. The largest absolute Gasteiger partial charge is 0.543 e. The molecule has 1 N–H and O–H groups in total. The van der Waals surface area contributed by atoms with Crippen molar-refractivity contribution >= 4 is 53.3 Å². The molecular weight excluding hydrogens is 434 g/mol. The van der Waals surface area contributed by atoms with Crippen LogP contribution in [-0.4, -0.2) is 25.4 Å². The minimum atomic E-state index is -2.03. The van der Waals surface area contributed by atoms with Crippen LogP contribution in [0.3, 0.4) is 0 Å². The molecule has 0 aliphatic carbocycles. The third-order valence-corrected chi connectivity index (χ3v) is 10.3. The number of amides is 2. The fraction of sp³-hybridized carbons (Fsp3) is 0.333. The first-order valence-electron chi connectivity index (χ1n) is 8.03. The maximum atomic E-state index is 12.5. The average molecular weight is 456 g/mol. The first kappa shape index (κ1) is 20.7. The maximum Gasteiger partial charge on any atom is 0.419 e. The Balaban J connectivity index is 2.35. The van der Waals surface area contributed by atoms with Crippen LogP contribution in [0.1, 0.15) is 30.4 Å². The molecule has 2 rings (SSSR count). The number of nitrogens with zero attached hydrogens (tertiary/aromatic N) is 1. The summed E-state index contributed by atoms with van der Waals surface area (Å²) in [6.07, 6.45) is -1.33. The normalized spacial score (nSPS) is 11.9. The van der Waals surface area contributed by atoms with E-state index in [-0.39, 0.29) is 10.7 Å². The van der Waals surface area contributed by atoms with Crippen LogP contribution in [0.15, 0.2) is 40.2 Å². The van der Waals surface area contributed by atoms with Gasteiger partial charge in [0.1, 0.15) is 5.75 Å². The summed E-state index contributed by atoms with van der Waals surface area (Å²) in [4.78, 5) is 25.3. The van der Waals surface area contributed by atoms with Gasteiger partial charge in [-0.1, -0.05) is 26.8 Å². The average Bonchev–Trinajstić information content (AvgIpc) is 3.02. The molecule has 0 fully saturated rings. The molecule has 0 saturated heterocycles. The van der Waals surface area contributed by atoms with Gasteiger partial charge >= 0.3 is 6.09 Å². The quantitative estimate of drug-likeness (QED) is 0.555. The lowest BCUT2D eigenvalue weighted by Crippen LogP contribution is -2.44. The van der Waals surface area contributed by atoms with Gasteiger partial charge in [-0.3, -0.25) is 4.79 Å². The van der Waals surface area contributed by atoms with Crippen LogP contribution in [0.2, 0.25) is 18.1 Å². The second-order valence-electron chi connectivity index (χ2n) is 7.38. The highest BCUT2D eigenvalue weighted by molar-refractivity contribution is 9.10. The summed E-state index contributed by atoms with van der Waals surface area (Å²) >= 11 is 4.65. The van der Waals surface area contributed by atoms with Crippen molar-refractivity contribution in [3.63, 3.8) is 0 Å². The number of carboxylic acid groups (broad SMARTS) is 1. The molecule has 8 heteroatoms. The van der Waals surface area contributed by atoms with Gasteiger partial charge in [0.25, 0.3) is 14.2 Å². The summed E-state index contributed by atoms with van der Waals surface area (Å²) < 4.78 is 6.88. The van der Waals surface area contributed by atoms with Crippen molar-refractivity contribution in [2.24, 2.45) is 0 Å². The molecule has 2 aromatic rings. The first-order chi connectivity index (χ1) is 11.9. The Labute approximate surface area is 166 Å². The smallest absolute Gasteiger partial charge is 0.419 e. The maximum absolute atomic E-state index is 12.5. The van der Waals surface area contributed by atoms with Gasteiger partial charge in [-0.05, 0) is 63.7 Å². The Kier molecular flexibility index (Phi) is 5.99. The third kappa shape index (κ3) is 4.36. The number of imide groups is 1. The minimum Gasteiger partial charge on any atom is -0.543 e. The van der Waals surface area contributed by atoms with Crippen LogP contribution in [0, 0.1) is 0 Å². The standard InChI is InChI=1S/C18H22BrNO4SSi/c1-18(2,3)26(4,5)24-14-9-8-12(11-13(14)19)20(17(22)23)16(21)15-7-6-10-25-15/h6-11H,1-5H3,(H,22,23). The van der Waals surface area contributed by atoms with Crippen LogP contribution >= 0.6 is 27.3 Å². The Morgan fingerprint density at radius 3 is 2.35 bits per heavy atom. The topological polar surface area (TPSA) is 66.8 Å². The molecule has 0 atom stereocenters. The monoisotopic (exact) mass is 455 g/mol. The second kappa shape index (κ2) is 7.54. The molecular formula is C18H22BrNO4SSi. The predicted molar refractivity (Wildman–Crippen MR) is 111 cm³/mol. The number of anilines is 1. The highest BCUT2D eigenvalue weighted by atomic mass is 79.9. The molecule has 1 aromatic carbocycles. The van der Waals surface area contributed by atoms with E-state index in [4.69, 9.17) is 4.43 Å². The molecule has 0 aliphatic rings. The molecule has 0 unspecified atom stereocenters. The number of benzene rings is 1. The zero-order valence-corrected chi connectivity index (χ0v) is 18.8. The third-order valence-electron chi connectivity index (χ3n) is 4.47. The summed E-state index contributed by atoms with van der Waals surface area (Å²) in [6, 6.07) is 8.21. The van der Waals surface area contributed by atoms with Crippen LogP contribution in [0.25, 0.3) is 0 Å². The lowest BCUT2D eigenvalue weighted by atomic mass is 10.2. The predicted octanol–water partition coefficient (Wildman–Crippen LogP) is 6.22. The van der Waals surface area contributed by atoms with E-state index in [1.807, 2.05) is 0 Å². The van der Waals surface area contributed by atoms with Crippen molar-refractivity contribution in [2.45, 2.75) is 38.9 Å². The summed E-state index contributed by atoms with van der Waals surface area (Å²) in [5.41, 5.74) is 0.269. The summed E-state index contributed by atoms with van der Waals surface area (Å²) in [5.74, 6) is 0.0757. The fourth-order valence-electron chi connectivity index (χ4n) is 1.96. The first-order valence-corrected chi connectivity index (χ1v) is 12.6. The molecule has 140 valence electrons. The molecule has 0 bridgehead atoms. The van der Waals surface area contributed by atoms with Crippen molar-refractivity contribution in [3.05, 3.63) is 45.1 Å². The highest BCUT2D eigenvalue weighted by Crippen LogP contribution is 2.40. The van der Waals surface area contributed by atoms with Gasteiger partial charge in [-0.2, -0.15) is 0 Å². The molecule has 0 aliphatic heterocycles. The Bertz CT molecular complexity index is 815. The second-order valence-corrected chi connectivity index (χ2v) is 13.9. The van der Waals surface area contributed by atoms with E-state index in [9.17, 15) is 14.7 Å². The number of thiophene rings is 1. The van der Waals surface area contributed by atoms with E-state index in [1.54, 1.807) is 35.7 Å². The summed E-state index contributed by atoms with van der Waals surface area (Å²) in [5, 5.41) is 11.3. The van der Waals surface area contributed by atoms with E-state index in [2.05, 4.69) is 49.8 Å². The summed E-state index contributed by atoms with van der Waals surface area (Å²) in [6.45, 7) is 10.7. The zero-order chi connectivity index (χ0) is 19.7. The van der Waals surface area contributed by atoms with Gasteiger partial charge in [0, 0.05) is 0 Å². The molecule has 26 heavy (non-hydrogen) atoms. The van der Waals surface area contributed by atoms with E-state index < -0.39 is 20.3 Å². The van der Waals surface area contributed by atoms with Crippen molar-refractivity contribution in [1.29, 1.82) is 0 Å². The molecule has 0 radical (unpaired) electrons. The fourth-order valence-corrected chi connectivity index (χ4v) is 4.25. The Hall–Kier alpha value is -1.64. The lowest BCUT2D eigenvalue weighted by Gasteiger charge is -2.36. The van der Waals surface area contributed by atoms with Crippen LogP contribution in [-0.2, 0) is 0 Å². The van der Waals surface area contributed by atoms with Crippen LogP contribution in [0.4, 0.5) is 10.5 Å². The highest BCUT2D eigenvalue weighted by Gasteiger charge is 2.39. The lowest BCUT2D eigenvalue weighted by molar-refractivity contribution is 0.0987. The van der Waals surface area contributed by atoms with Crippen molar-refractivity contribution in [1.82, 2.24) is 0 Å². The number of carbonyl (C=O) groups is 2. The van der Waals surface area contributed by atoms with Crippen molar-refractivity contribution in [2.75, 3.05) is 4.90 Å². The van der Waals surface area contributed by atoms with Gasteiger partial charge in [-0.15, -0.1) is 11.3 Å². The molecule has 1 heterocycles. The van der Waals surface area contributed by atoms with Gasteiger partial charge in [0.15, 0.2) is 0 Å². The van der Waals surface area contributed by atoms with Gasteiger partial charge in [-0.25, -0.2) is 9.69 Å². The molecule has 5 nitrogen and oxygen atoms in total. The molecule has 2 amide bonds. The van der Waals surface area contributed by atoms with E-state index in [0.717, 1.165) is 4.90 Å². The van der Waals surface area contributed by atoms with Crippen LogP contribution in [0.5, 0.6) is 5.75 Å². The Morgan fingerprint density at radius 2 is 1.88 bits per heavy atom. The Morgan fingerprint density at radius 1 is 1.23 bits per heavy atom. The van der Waals surface area contributed by atoms with E-state index in [0.29, 0.717) is 15.1 Å². The van der Waals surface area contributed by atoms with Gasteiger partial charge < -0.3 is 9.53 Å². The number of hydrogen-bond donors (Lipinski definition) is 1. The zero-order valence-electron chi connectivity index (χ0n) is 15.4. The SMILES string of the molecule is CC(C)(C)[Si](C)(C)Oc1ccc(N(C(=O)O)C(=O)c2cccs2)cc1Br. The molecule has 1 aromatic heterocycles. The number of rotatable bonds is 4. The van der Waals surface area contributed by atoms with Crippen molar-refractivity contribution in [3.8, 4) is 5.75 Å². The van der Waals surface area contributed by atoms with E-state index >= 15 is 0 Å². The van der Waals surface area contributed by atoms with Gasteiger partial charge in [0.05, 0.1) is 15.0 Å². The van der Waals surface area contributed by atoms with Crippen molar-refractivity contribution < 1.29 is 19.1 Å². The minimum absolute atomic E-state index is 0.0351. The number of carbonyl (C=O) groups excluding carboxylic acids is 1. The van der Waals surface area contributed by atoms with Gasteiger partial charge in [0.2, 0.25) is 0 Å². The van der Waals surface area contributed by atoms with E-state index in [1.165, 1.54) is 11.3 Å². The molecule has 0 spiro atoms.